The highest BCUT2D eigenvalue weighted by molar-refractivity contribution is 6.00. The van der Waals surface area contributed by atoms with E-state index in [-0.39, 0.29) is 0 Å². The Morgan fingerprint density at radius 2 is 2.05 bits per heavy atom. The molecule has 102 valence electrons. The van der Waals surface area contributed by atoms with Crippen LogP contribution in [0.2, 0.25) is 0 Å². The fraction of sp³-hybridized carbons (Fsp3) is 0.438. The van der Waals surface area contributed by atoms with Gasteiger partial charge in [-0.2, -0.15) is 0 Å². The molecule has 0 fully saturated rings. The first-order valence-corrected chi connectivity index (χ1v) is 7.11. The van der Waals surface area contributed by atoms with E-state index < -0.39 is 0 Å². The number of anilines is 2. The highest BCUT2D eigenvalue weighted by atomic mass is 14.9. The van der Waals surface area contributed by atoms with Crippen LogP contribution in [0.25, 0.3) is 10.8 Å². The van der Waals surface area contributed by atoms with Crippen LogP contribution in [-0.4, -0.2) is 11.0 Å². The first-order chi connectivity index (χ1) is 9.22. The lowest BCUT2D eigenvalue weighted by molar-refractivity contribution is 0.615. The average molecular weight is 257 g/mol. The Morgan fingerprint density at radius 1 is 1.21 bits per heavy atom. The lowest BCUT2D eigenvalue weighted by Gasteiger charge is -2.17. The van der Waals surface area contributed by atoms with E-state index in [0.717, 1.165) is 22.1 Å². The van der Waals surface area contributed by atoms with Gasteiger partial charge in [-0.15, -0.1) is 0 Å². The lowest BCUT2D eigenvalue weighted by atomic mass is 10.1. The minimum atomic E-state index is 0.478. The van der Waals surface area contributed by atoms with Gasteiger partial charge < -0.3 is 11.1 Å². The molecule has 0 spiro atoms. The predicted octanol–water partition coefficient (Wildman–Crippen LogP) is 4.20. The second-order valence-electron chi connectivity index (χ2n) is 5.16. The van der Waals surface area contributed by atoms with E-state index in [4.69, 9.17) is 5.73 Å². The van der Waals surface area contributed by atoms with Crippen LogP contribution in [-0.2, 0) is 0 Å². The Hall–Kier alpha value is -1.77. The van der Waals surface area contributed by atoms with Crippen molar-refractivity contribution in [3.05, 3.63) is 30.6 Å². The van der Waals surface area contributed by atoms with Crippen LogP contribution in [0.1, 0.15) is 39.5 Å². The number of benzene rings is 1. The van der Waals surface area contributed by atoms with E-state index in [1.807, 2.05) is 24.5 Å². The second-order valence-corrected chi connectivity index (χ2v) is 5.16. The molecular weight excluding hydrogens is 234 g/mol. The normalized spacial score (nSPS) is 12.5. The van der Waals surface area contributed by atoms with Gasteiger partial charge in [-0.3, -0.25) is 4.98 Å². The number of fused-ring (bicyclic) bond motifs is 1. The van der Waals surface area contributed by atoms with Crippen molar-refractivity contribution in [3.8, 4) is 0 Å². The SMILES string of the molecule is CCCCCC(C)Nc1ccc(N)c2cnccc12. The van der Waals surface area contributed by atoms with E-state index >= 15 is 0 Å². The molecule has 2 aromatic rings. The molecule has 19 heavy (non-hydrogen) atoms. The number of hydrogen-bond acceptors (Lipinski definition) is 3. The van der Waals surface area contributed by atoms with Crippen molar-refractivity contribution < 1.29 is 0 Å². The number of hydrogen-bond donors (Lipinski definition) is 2. The number of aromatic nitrogens is 1. The van der Waals surface area contributed by atoms with Gasteiger partial charge >= 0.3 is 0 Å². The van der Waals surface area contributed by atoms with E-state index in [0.29, 0.717) is 6.04 Å². The van der Waals surface area contributed by atoms with Crippen LogP contribution in [0.15, 0.2) is 30.6 Å². The molecule has 0 amide bonds. The maximum atomic E-state index is 5.99. The minimum absolute atomic E-state index is 0.478. The number of nitrogens with two attached hydrogens (primary N) is 1. The molecule has 1 unspecified atom stereocenters. The van der Waals surface area contributed by atoms with Gasteiger partial charge in [0.05, 0.1) is 0 Å². The Morgan fingerprint density at radius 3 is 2.84 bits per heavy atom. The summed E-state index contributed by atoms with van der Waals surface area (Å²) >= 11 is 0. The summed E-state index contributed by atoms with van der Waals surface area (Å²) in [6.45, 7) is 4.47. The Kier molecular flexibility index (Phi) is 4.61. The van der Waals surface area contributed by atoms with Crippen LogP contribution in [0, 0.1) is 0 Å². The molecular formula is C16H23N3. The average Bonchev–Trinajstić information content (AvgIpc) is 2.43. The number of unbranched alkanes of at least 4 members (excludes halogenated alkanes) is 2. The first kappa shape index (κ1) is 13.7. The smallest absolute Gasteiger partial charge is 0.0424 e. The van der Waals surface area contributed by atoms with Crippen molar-refractivity contribution in [2.24, 2.45) is 0 Å². The molecule has 0 saturated carbocycles. The molecule has 1 heterocycles. The predicted molar refractivity (Wildman–Crippen MR) is 83.4 cm³/mol. The van der Waals surface area contributed by atoms with E-state index in [9.17, 15) is 0 Å². The van der Waals surface area contributed by atoms with Crippen molar-refractivity contribution in [2.45, 2.75) is 45.6 Å². The molecule has 0 radical (unpaired) electrons. The molecule has 2 rings (SSSR count). The summed E-state index contributed by atoms with van der Waals surface area (Å²) in [6, 6.07) is 6.51. The summed E-state index contributed by atoms with van der Waals surface area (Å²) in [7, 11) is 0. The van der Waals surface area contributed by atoms with E-state index in [1.54, 1.807) is 0 Å². The Balaban J connectivity index is 2.14. The molecule has 0 bridgehead atoms. The number of pyridine rings is 1. The van der Waals surface area contributed by atoms with Crippen LogP contribution in [0.5, 0.6) is 0 Å². The topological polar surface area (TPSA) is 50.9 Å². The quantitative estimate of drug-likeness (QED) is 0.602. The van der Waals surface area contributed by atoms with Crippen LogP contribution in [0.3, 0.4) is 0 Å². The van der Waals surface area contributed by atoms with Crippen molar-refractivity contribution >= 4 is 22.1 Å². The molecule has 0 saturated heterocycles. The van der Waals surface area contributed by atoms with Gasteiger partial charge in [-0.1, -0.05) is 26.2 Å². The number of nitrogens with zero attached hydrogens (tertiary/aromatic N) is 1. The monoisotopic (exact) mass is 257 g/mol. The zero-order valence-electron chi connectivity index (χ0n) is 11.8. The number of nitrogens with one attached hydrogen (secondary N) is 1. The lowest BCUT2D eigenvalue weighted by Crippen LogP contribution is -2.15. The third-order valence-corrected chi connectivity index (χ3v) is 3.49. The maximum Gasteiger partial charge on any atom is 0.0424 e. The molecule has 0 aliphatic heterocycles. The zero-order chi connectivity index (χ0) is 13.7. The third kappa shape index (κ3) is 3.37. The third-order valence-electron chi connectivity index (χ3n) is 3.49. The molecule has 1 aromatic carbocycles. The van der Waals surface area contributed by atoms with Crippen molar-refractivity contribution in [3.63, 3.8) is 0 Å². The summed E-state index contributed by atoms with van der Waals surface area (Å²) in [4.78, 5) is 4.15. The minimum Gasteiger partial charge on any atom is -0.398 e. The van der Waals surface area contributed by atoms with Crippen LogP contribution < -0.4 is 11.1 Å². The summed E-state index contributed by atoms with van der Waals surface area (Å²) in [5.74, 6) is 0. The molecule has 1 atom stereocenters. The second kappa shape index (κ2) is 6.41. The van der Waals surface area contributed by atoms with Gasteiger partial charge in [-0.25, -0.2) is 0 Å². The largest absolute Gasteiger partial charge is 0.398 e. The zero-order valence-corrected chi connectivity index (χ0v) is 11.8. The number of rotatable bonds is 6. The van der Waals surface area contributed by atoms with Gasteiger partial charge in [0.2, 0.25) is 0 Å². The molecule has 0 aliphatic carbocycles. The van der Waals surface area contributed by atoms with Gasteiger partial charge in [0.15, 0.2) is 0 Å². The van der Waals surface area contributed by atoms with Crippen LogP contribution in [0.4, 0.5) is 11.4 Å². The molecule has 0 aliphatic rings. The fourth-order valence-electron chi connectivity index (χ4n) is 2.38. The van der Waals surface area contributed by atoms with Gasteiger partial charge in [0, 0.05) is 40.6 Å². The van der Waals surface area contributed by atoms with Crippen molar-refractivity contribution in [1.29, 1.82) is 0 Å². The Bertz CT molecular complexity index is 537. The highest BCUT2D eigenvalue weighted by Gasteiger charge is 2.07. The summed E-state index contributed by atoms with van der Waals surface area (Å²) in [5, 5.41) is 5.76. The summed E-state index contributed by atoms with van der Waals surface area (Å²) < 4.78 is 0. The fourth-order valence-corrected chi connectivity index (χ4v) is 2.38. The van der Waals surface area contributed by atoms with Gasteiger partial charge in [0.25, 0.3) is 0 Å². The van der Waals surface area contributed by atoms with E-state index in [2.05, 4.69) is 30.2 Å². The molecule has 3 heteroatoms. The highest BCUT2D eigenvalue weighted by Crippen LogP contribution is 2.28. The van der Waals surface area contributed by atoms with Gasteiger partial charge in [-0.05, 0) is 31.5 Å². The summed E-state index contributed by atoms with van der Waals surface area (Å²) in [6.07, 6.45) is 8.69. The molecule has 3 nitrogen and oxygen atoms in total. The van der Waals surface area contributed by atoms with Gasteiger partial charge in [0.1, 0.15) is 0 Å². The molecule has 3 N–H and O–H groups in total. The summed E-state index contributed by atoms with van der Waals surface area (Å²) in [5.41, 5.74) is 7.92. The van der Waals surface area contributed by atoms with Crippen molar-refractivity contribution in [1.82, 2.24) is 4.98 Å². The first-order valence-electron chi connectivity index (χ1n) is 7.11. The van der Waals surface area contributed by atoms with E-state index in [1.165, 1.54) is 25.7 Å². The standard InChI is InChI=1S/C16H23N3/c1-3-4-5-6-12(2)19-16-8-7-15(17)14-11-18-10-9-13(14)16/h7-12,19H,3-6,17H2,1-2H3. The Labute approximate surface area is 115 Å². The number of nitrogen functional groups attached to an aromatic ring is 1. The van der Waals surface area contributed by atoms with Crippen molar-refractivity contribution in [2.75, 3.05) is 11.1 Å². The molecule has 1 aromatic heterocycles. The maximum absolute atomic E-state index is 5.99. The van der Waals surface area contributed by atoms with Crippen LogP contribution >= 0.6 is 0 Å².